The highest BCUT2D eigenvalue weighted by molar-refractivity contribution is 8.00. The number of hydrogen-bond donors (Lipinski definition) is 2. The monoisotopic (exact) mass is 240 g/mol. The first-order valence-corrected chi connectivity index (χ1v) is 5.95. The van der Waals surface area contributed by atoms with E-state index in [2.05, 4.69) is 25.8 Å². The molecular formula is C11H16N2O2S. The Labute approximate surface area is 99.4 Å². The number of amides is 1. The van der Waals surface area contributed by atoms with Crippen molar-refractivity contribution >= 4 is 17.7 Å². The second-order valence-corrected chi connectivity index (χ2v) is 5.44. The molecule has 0 radical (unpaired) electrons. The SMILES string of the molecule is CC(C)(C)c1ncccc1SCC(=O)NO. The fourth-order valence-corrected chi connectivity index (χ4v) is 2.27. The summed E-state index contributed by atoms with van der Waals surface area (Å²) in [5, 5.41) is 8.41. The van der Waals surface area contributed by atoms with Gasteiger partial charge in [0.15, 0.2) is 0 Å². The molecule has 2 N–H and O–H groups in total. The first-order chi connectivity index (χ1) is 7.45. The molecule has 16 heavy (non-hydrogen) atoms. The Morgan fingerprint density at radius 3 is 2.81 bits per heavy atom. The van der Waals surface area contributed by atoms with E-state index >= 15 is 0 Å². The molecule has 0 saturated heterocycles. The van der Waals surface area contributed by atoms with Crippen LogP contribution in [-0.4, -0.2) is 21.9 Å². The zero-order valence-electron chi connectivity index (χ0n) is 9.65. The number of carbonyl (C=O) groups excluding carboxylic acids is 1. The molecular weight excluding hydrogens is 224 g/mol. The fourth-order valence-electron chi connectivity index (χ4n) is 1.25. The minimum absolute atomic E-state index is 0.0563. The first-order valence-electron chi connectivity index (χ1n) is 4.96. The number of nitrogens with one attached hydrogen (secondary N) is 1. The predicted octanol–water partition coefficient (Wildman–Crippen LogP) is 1.98. The maximum absolute atomic E-state index is 10.9. The van der Waals surface area contributed by atoms with Crippen molar-refractivity contribution in [2.45, 2.75) is 31.1 Å². The second-order valence-electron chi connectivity index (χ2n) is 4.42. The summed E-state index contributed by atoms with van der Waals surface area (Å²) in [6, 6.07) is 3.78. The van der Waals surface area contributed by atoms with Crippen LogP contribution in [0.2, 0.25) is 0 Å². The summed E-state index contributed by atoms with van der Waals surface area (Å²) in [6.07, 6.45) is 1.75. The van der Waals surface area contributed by atoms with Crippen molar-refractivity contribution in [1.29, 1.82) is 0 Å². The minimum atomic E-state index is -0.409. The van der Waals surface area contributed by atoms with Crippen LogP contribution in [0.15, 0.2) is 23.2 Å². The van der Waals surface area contributed by atoms with Gasteiger partial charge in [-0.05, 0) is 12.1 Å². The zero-order chi connectivity index (χ0) is 12.2. The highest BCUT2D eigenvalue weighted by atomic mass is 32.2. The summed E-state index contributed by atoms with van der Waals surface area (Å²) >= 11 is 1.37. The van der Waals surface area contributed by atoms with Crippen LogP contribution in [0.3, 0.4) is 0 Å². The van der Waals surface area contributed by atoms with E-state index in [-0.39, 0.29) is 11.2 Å². The summed E-state index contributed by atoms with van der Waals surface area (Å²) < 4.78 is 0. The van der Waals surface area contributed by atoms with Crippen molar-refractivity contribution in [3.63, 3.8) is 0 Å². The molecule has 5 heteroatoms. The molecule has 0 fully saturated rings. The summed E-state index contributed by atoms with van der Waals surface area (Å²) in [5.41, 5.74) is 2.52. The minimum Gasteiger partial charge on any atom is -0.289 e. The molecule has 0 aromatic carbocycles. The number of hydrogen-bond acceptors (Lipinski definition) is 4. The maximum Gasteiger partial charge on any atom is 0.253 e. The molecule has 4 nitrogen and oxygen atoms in total. The topological polar surface area (TPSA) is 62.2 Å². The molecule has 1 aromatic rings. The molecule has 0 saturated carbocycles. The van der Waals surface area contributed by atoms with Gasteiger partial charge in [-0.15, -0.1) is 11.8 Å². The summed E-state index contributed by atoms with van der Waals surface area (Å²) in [4.78, 5) is 16.3. The van der Waals surface area contributed by atoms with E-state index in [1.165, 1.54) is 11.8 Å². The highest BCUT2D eigenvalue weighted by Crippen LogP contribution is 2.30. The molecule has 0 aliphatic rings. The maximum atomic E-state index is 10.9. The van der Waals surface area contributed by atoms with E-state index in [1.807, 2.05) is 12.1 Å². The van der Waals surface area contributed by atoms with E-state index in [0.717, 1.165) is 10.6 Å². The third-order valence-electron chi connectivity index (χ3n) is 1.96. The van der Waals surface area contributed by atoms with E-state index < -0.39 is 5.91 Å². The normalized spacial score (nSPS) is 11.2. The summed E-state index contributed by atoms with van der Waals surface area (Å²) in [6.45, 7) is 6.22. The molecule has 0 spiro atoms. The van der Waals surface area contributed by atoms with Gasteiger partial charge in [0, 0.05) is 16.5 Å². The molecule has 88 valence electrons. The van der Waals surface area contributed by atoms with Gasteiger partial charge in [-0.1, -0.05) is 20.8 Å². The van der Waals surface area contributed by atoms with Crippen molar-refractivity contribution < 1.29 is 10.0 Å². The number of hydroxylamine groups is 1. The van der Waals surface area contributed by atoms with Crippen LogP contribution in [-0.2, 0) is 10.2 Å². The van der Waals surface area contributed by atoms with Crippen LogP contribution in [0.4, 0.5) is 0 Å². The van der Waals surface area contributed by atoms with Crippen LogP contribution >= 0.6 is 11.8 Å². The van der Waals surface area contributed by atoms with Gasteiger partial charge in [0.2, 0.25) is 0 Å². The zero-order valence-corrected chi connectivity index (χ0v) is 10.5. The highest BCUT2D eigenvalue weighted by Gasteiger charge is 2.19. The van der Waals surface area contributed by atoms with Crippen LogP contribution < -0.4 is 5.48 Å². The van der Waals surface area contributed by atoms with Crippen molar-refractivity contribution in [1.82, 2.24) is 10.5 Å². The standard InChI is InChI=1S/C11H16N2O2S/c1-11(2,3)10-8(5-4-6-12-10)16-7-9(14)13-15/h4-6,15H,7H2,1-3H3,(H,13,14). The third kappa shape index (κ3) is 3.50. The number of aromatic nitrogens is 1. The van der Waals surface area contributed by atoms with E-state index in [0.29, 0.717) is 0 Å². The van der Waals surface area contributed by atoms with Crippen molar-refractivity contribution in [2.24, 2.45) is 0 Å². The van der Waals surface area contributed by atoms with Crippen LogP contribution in [0.5, 0.6) is 0 Å². The number of rotatable bonds is 3. The van der Waals surface area contributed by atoms with E-state index in [4.69, 9.17) is 5.21 Å². The Hall–Kier alpha value is -1.07. The van der Waals surface area contributed by atoms with Gasteiger partial charge in [-0.3, -0.25) is 15.0 Å². The van der Waals surface area contributed by atoms with Gasteiger partial charge in [0.1, 0.15) is 0 Å². The van der Waals surface area contributed by atoms with Gasteiger partial charge in [-0.25, -0.2) is 5.48 Å². The quantitative estimate of drug-likeness (QED) is 0.482. The Kier molecular flexibility index (Phi) is 4.32. The van der Waals surface area contributed by atoms with Crippen molar-refractivity contribution in [2.75, 3.05) is 5.75 Å². The second kappa shape index (κ2) is 5.32. The molecule has 0 aliphatic heterocycles. The lowest BCUT2D eigenvalue weighted by atomic mass is 9.92. The molecule has 0 bridgehead atoms. The molecule has 1 aromatic heterocycles. The summed E-state index contributed by atoms with van der Waals surface area (Å²) in [7, 11) is 0. The van der Waals surface area contributed by atoms with E-state index in [9.17, 15) is 4.79 Å². The van der Waals surface area contributed by atoms with Crippen LogP contribution in [0, 0.1) is 0 Å². The molecule has 0 unspecified atom stereocenters. The van der Waals surface area contributed by atoms with Gasteiger partial charge >= 0.3 is 0 Å². The van der Waals surface area contributed by atoms with Crippen molar-refractivity contribution in [3.8, 4) is 0 Å². The van der Waals surface area contributed by atoms with E-state index in [1.54, 1.807) is 11.7 Å². The lowest BCUT2D eigenvalue weighted by Gasteiger charge is -2.20. The summed E-state index contributed by atoms with van der Waals surface area (Å²) in [5.74, 6) is -0.223. The first kappa shape index (κ1) is 13.0. The smallest absolute Gasteiger partial charge is 0.253 e. The lowest BCUT2D eigenvalue weighted by molar-refractivity contribution is -0.126. The third-order valence-corrected chi connectivity index (χ3v) is 3.01. The molecule has 1 rings (SSSR count). The number of carbonyl (C=O) groups is 1. The van der Waals surface area contributed by atoms with Crippen LogP contribution in [0.25, 0.3) is 0 Å². The fraction of sp³-hybridized carbons (Fsp3) is 0.455. The van der Waals surface area contributed by atoms with Crippen LogP contribution in [0.1, 0.15) is 26.5 Å². The molecule has 0 aliphatic carbocycles. The molecule has 1 heterocycles. The lowest BCUT2D eigenvalue weighted by Crippen LogP contribution is -2.21. The van der Waals surface area contributed by atoms with Gasteiger partial charge in [-0.2, -0.15) is 0 Å². The van der Waals surface area contributed by atoms with Crippen molar-refractivity contribution in [3.05, 3.63) is 24.0 Å². The largest absolute Gasteiger partial charge is 0.289 e. The number of thioether (sulfide) groups is 1. The van der Waals surface area contributed by atoms with Gasteiger partial charge in [0.05, 0.1) is 11.4 Å². The molecule has 0 atom stereocenters. The average Bonchev–Trinajstić information content (AvgIpc) is 2.25. The number of nitrogens with zero attached hydrogens (tertiary/aromatic N) is 1. The Bertz CT molecular complexity index is 374. The molecule has 1 amide bonds. The average molecular weight is 240 g/mol. The van der Waals surface area contributed by atoms with Gasteiger partial charge < -0.3 is 0 Å². The predicted molar refractivity (Wildman–Crippen MR) is 63.6 cm³/mol. The van der Waals surface area contributed by atoms with Gasteiger partial charge in [0.25, 0.3) is 5.91 Å². The Morgan fingerprint density at radius 2 is 2.25 bits per heavy atom. The number of pyridine rings is 1. The Balaban J connectivity index is 2.84. The Morgan fingerprint density at radius 1 is 1.56 bits per heavy atom.